The highest BCUT2D eigenvalue weighted by atomic mass is 16.5. The van der Waals surface area contributed by atoms with Crippen LogP contribution in [0.25, 0.3) is 11.1 Å². The fourth-order valence-corrected chi connectivity index (χ4v) is 6.56. The zero-order chi connectivity index (χ0) is 32.4. The second kappa shape index (κ2) is 13.2. The van der Waals surface area contributed by atoms with Gasteiger partial charge in [0.05, 0.1) is 46.9 Å². The van der Waals surface area contributed by atoms with Crippen LogP contribution in [-0.4, -0.2) is 53.2 Å². The molecule has 242 valence electrons. The molecule has 3 aromatic rings. The second-order valence-corrected chi connectivity index (χ2v) is 12.2. The number of rotatable bonds is 11. The van der Waals surface area contributed by atoms with Gasteiger partial charge in [0.1, 0.15) is 17.5 Å². The minimum absolute atomic E-state index is 0.0445. The Morgan fingerprint density at radius 3 is 2.52 bits per heavy atom. The molecule has 12 nitrogen and oxygen atoms in total. The molecule has 46 heavy (non-hydrogen) atoms. The third kappa shape index (κ3) is 6.24. The van der Waals surface area contributed by atoms with Gasteiger partial charge in [-0.05, 0) is 57.1 Å². The topological polar surface area (TPSA) is 165 Å². The molecule has 0 radical (unpaired) electrons. The van der Waals surface area contributed by atoms with Gasteiger partial charge in [-0.3, -0.25) is 14.3 Å². The highest BCUT2D eigenvalue weighted by Crippen LogP contribution is 2.50. The number of amides is 1. The Labute approximate surface area is 269 Å². The normalized spacial score (nSPS) is 21.4. The first-order valence-electron chi connectivity index (χ1n) is 16.1. The molecule has 2 aromatic heterocycles. The first-order valence-corrected chi connectivity index (χ1v) is 16.1. The number of anilines is 2. The number of ether oxygens (including phenoxy) is 1. The molecule has 2 saturated carbocycles. The van der Waals surface area contributed by atoms with E-state index >= 15 is 0 Å². The quantitative estimate of drug-likeness (QED) is 0.119. The number of para-hydroxylation sites is 1. The highest BCUT2D eigenvalue weighted by Gasteiger charge is 2.36. The Morgan fingerprint density at radius 1 is 1.07 bits per heavy atom. The van der Waals surface area contributed by atoms with Gasteiger partial charge in [0.25, 0.3) is 5.91 Å². The number of hydrogen-bond donors (Lipinski definition) is 5. The minimum atomic E-state index is -0.316. The number of aromatic nitrogens is 3. The summed E-state index contributed by atoms with van der Waals surface area (Å²) < 4.78 is 8.37. The molecule has 7 N–H and O–H groups in total. The average Bonchev–Trinajstić information content (AvgIpc) is 3.79. The van der Waals surface area contributed by atoms with Crippen molar-refractivity contribution in [2.24, 2.45) is 11.5 Å². The molecule has 12 heteroatoms. The van der Waals surface area contributed by atoms with Gasteiger partial charge in [-0.2, -0.15) is 5.10 Å². The predicted molar refractivity (Wildman–Crippen MR) is 178 cm³/mol. The number of carbonyl (C=O) groups excluding carboxylic acids is 2. The number of nitrogens with one attached hydrogen (secondary N) is 3. The summed E-state index contributed by atoms with van der Waals surface area (Å²) in [6.07, 6.45) is 10.8. The SMILES string of the molecule is CCC1c2c(cnn2C2CCC(Oc3cccc(C=O)n3)CC2)-c2cccc(NC(/C=C(\N)NC)=C(/N)C(=O)NC3CC3)c2N1C. The lowest BCUT2D eigenvalue weighted by Crippen LogP contribution is -2.34. The predicted octanol–water partition coefficient (Wildman–Crippen LogP) is 4.10. The molecule has 1 aromatic carbocycles. The summed E-state index contributed by atoms with van der Waals surface area (Å²) in [5, 5.41) is 14.3. The lowest BCUT2D eigenvalue weighted by Gasteiger charge is -2.39. The van der Waals surface area contributed by atoms with Gasteiger partial charge in [0, 0.05) is 43.4 Å². The van der Waals surface area contributed by atoms with Crippen molar-refractivity contribution >= 4 is 23.6 Å². The van der Waals surface area contributed by atoms with Crippen molar-refractivity contribution in [3.05, 3.63) is 77.3 Å². The van der Waals surface area contributed by atoms with Crippen LogP contribution in [0.3, 0.4) is 0 Å². The molecule has 0 spiro atoms. The fourth-order valence-electron chi connectivity index (χ4n) is 6.56. The molecule has 0 saturated heterocycles. The summed E-state index contributed by atoms with van der Waals surface area (Å²) >= 11 is 0. The lowest BCUT2D eigenvalue weighted by molar-refractivity contribution is -0.117. The number of allylic oxidation sites excluding steroid dienone is 1. The van der Waals surface area contributed by atoms with Crippen LogP contribution < -0.4 is 37.1 Å². The zero-order valence-corrected chi connectivity index (χ0v) is 26.6. The molecule has 3 aliphatic rings. The van der Waals surface area contributed by atoms with Gasteiger partial charge in [-0.15, -0.1) is 0 Å². The van der Waals surface area contributed by atoms with Crippen molar-refractivity contribution in [3.8, 4) is 17.0 Å². The van der Waals surface area contributed by atoms with Crippen LogP contribution in [0.1, 0.15) is 80.1 Å². The fraction of sp³-hybridized carbons (Fsp3) is 0.412. The van der Waals surface area contributed by atoms with Crippen LogP contribution in [-0.2, 0) is 4.79 Å². The van der Waals surface area contributed by atoms with Gasteiger partial charge < -0.3 is 37.1 Å². The van der Waals surface area contributed by atoms with E-state index in [0.29, 0.717) is 23.1 Å². The van der Waals surface area contributed by atoms with Crippen molar-refractivity contribution in [1.29, 1.82) is 0 Å². The molecular formula is C34H43N9O3. The van der Waals surface area contributed by atoms with Gasteiger partial charge in [-0.1, -0.05) is 25.1 Å². The Hall–Kier alpha value is -5.00. The average molecular weight is 626 g/mol. The van der Waals surface area contributed by atoms with Crippen LogP contribution in [0.2, 0.25) is 0 Å². The molecule has 6 rings (SSSR count). The van der Waals surface area contributed by atoms with E-state index in [-0.39, 0.29) is 35.8 Å². The summed E-state index contributed by atoms with van der Waals surface area (Å²) in [4.78, 5) is 30.6. The number of nitrogens with zero attached hydrogens (tertiary/aromatic N) is 4. The molecule has 1 unspecified atom stereocenters. The molecular weight excluding hydrogens is 582 g/mol. The lowest BCUT2D eigenvalue weighted by atomic mass is 9.89. The molecule has 1 atom stereocenters. The molecule has 1 aliphatic heterocycles. The standard InChI is InChI=1S/C34H43N9O3/c1-4-28-33-25(18-38-43(33)22-13-15-23(16-14-22)46-30-10-5-7-21(19-44)39-30)24-8-6-9-26(32(24)42(28)3)41-27(17-29(35)37-2)31(36)34(45)40-20-11-12-20/h5-10,17-20,22-23,28,37,41H,4,11-16,35-36H2,1-3H3,(H,40,45)/b29-17+,31-27+. The Kier molecular flexibility index (Phi) is 8.87. The number of aldehydes is 1. The Balaban J connectivity index is 1.27. The van der Waals surface area contributed by atoms with Crippen LogP contribution >= 0.6 is 0 Å². The largest absolute Gasteiger partial charge is 0.474 e. The minimum Gasteiger partial charge on any atom is -0.474 e. The molecule has 2 fully saturated rings. The summed E-state index contributed by atoms with van der Waals surface area (Å²) in [5.74, 6) is 0.554. The first-order chi connectivity index (χ1) is 22.3. The number of benzene rings is 1. The Bertz CT molecular complexity index is 1670. The van der Waals surface area contributed by atoms with Crippen molar-refractivity contribution in [3.63, 3.8) is 0 Å². The summed E-state index contributed by atoms with van der Waals surface area (Å²) in [6, 6.07) is 11.9. The molecule has 3 heterocycles. The number of fused-ring (bicyclic) bond motifs is 3. The van der Waals surface area contributed by atoms with Crippen molar-refractivity contribution in [1.82, 2.24) is 25.4 Å². The Morgan fingerprint density at radius 2 is 1.83 bits per heavy atom. The van der Waals surface area contributed by atoms with Crippen LogP contribution in [0.4, 0.5) is 11.4 Å². The molecule has 1 amide bonds. The van der Waals surface area contributed by atoms with Crippen molar-refractivity contribution < 1.29 is 14.3 Å². The van der Waals surface area contributed by atoms with Crippen molar-refractivity contribution in [2.45, 2.75) is 76.1 Å². The van der Waals surface area contributed by atoms with Crippen LogP contribution in [0.5, 0.6) is 5.88 Å². The molecule has 0 bridgehead atoms. The zero-order valence-electron chi connectivity index (χ0n) is 26.6. The smallest absolute Gasteiger partial charge is 0.269 e. The van der Waals surface area contributed by atoms with Crippen molar-refractivity contribution in [2.75, 3.05) is 24.3 Å². The number of hydrogen-bond acceptors (Lipinski definition) is 10. The van der Waals surface area contributed by atoms with Gasteiger partial charge in [0.2, 0.25) is 5.88 Å². The number of nitrogens with two attached hydrogens (primary N) is 2. The van der Waals surface area contributed by atoms with Crippen LogP contribution in [0.15, 0.2) is 65.9 Å². The van der Waals surface area contributed by atoms with E-state index in [2.05, 4.69) is 50.6 Å². The maximum atomic E-state index is 12.9. The van der Waals surface area contributed by atoms with Gasteiger partial charge in [-0.25, -0.2) is 4.98 Å². The van der Waals surface area contributed by atoms with E-state index in [9.17, 15) is 9.59 Å². The second-order valence-electron chi connectivity index (χ2n) is 12.2. The highest BCUT2D eigenvalue weighted by molar-refractivity contribution is 5.96. The van der Waals surface area contributed by atoms with E-state index < -0.39 is 0 Å². The van der Waals surface area contributed by atoms with E-state index in [1.165, 1.54) is 5.69 Å². The van der Waals surface area contributed by atoms with E-state index in [1.54, 1.807) is 31.3 Å². The number of pyridine rings is 1. The maximum Gasteiger partial charge on any atom is 0.269 e. The summed E-state index contributed by atoms with van der Waals surface area (Å²) in [5.41, 5.74) is 18.6. The monoisotopic (exact) mass is 625 g/mol. The third-order valence-corrected chi connectivity index (χ3v) is 9.13. The van der Waals surface area contributed by atoms with Gasteiger partial charge in [0.15, 0.2) is 6.29 Å². The van der Waals surface area contributed by atoms with E-state index in [0.717, 1.165) is 73.7 Å². The number of carbonyl (C=O) groups is 2. The summed E-state index contributed by atoms with van der Waals surface area (Å²) in [7, 11) is 3.82. The van der Waals surface area contributed by atoms with E-state index in [4.69, 9.17) is 21.3 Å². The van der Waals surface area contributed by atoms with E-state index in [1.807, 2.05) is 18.3 Å². The third-order valence-electron chi connectivity index (χ3n) is 9.13. The maximum absolute atomic E-state index is 12.9. The molecule has 2 aliphatic carbocycles. The first kappa shape index (κ1) is 31.0. The summed E-state index contributed by atoms with van der Waals surface area (Å²) in [6.45, 7) is 2.19. The van der Waals surface area contributed by atoms with Crippen LogP contribution in [0, 0.1) is 0 Å². The van der Waals surface area contributed by atoms with Gasteiger partial charge >= 0.3 is 0 Å².